The van der Waals surface area contributed by atoms with Gasteiger partial charge in [-0.3, -0.25) is 0 Å². The lowest BCUT2D eigenvalue weighted by molar-refractivity contribution is 0.0481. The molecule has 0 aromatic carbocycles. The van der Waals surface area contributed by atoms with Gasteiger partial charge in [0.2, 0.25) is 0 Å². The molecule has 0 spiro atoms. The summed E-state index contributed by atoms with van der Waals surface area (Å²) >= 11 is 1.87. The molecule has 2 N–H and O–H groups in total. The number of ether oxygens (including phenoxy) is 1. The maximum absolute atomic E-state index is 11.0. The molecule has 0 atom stereocenters. The van der Waals surface area contributed by atoms with Crippen LogP contribution < -0.4 is 5.73 Å². The van der Waals surface area contributed by atoms with E-state index in [-0.39, 0.29) is 18.1 Å². The van der Waals surface area contributed by atoms with Gasteiger partial charge in [-0.15, -0.1) is 0 Å². The number of carbonyl (C=O) groups is 1. The minimum absolute atomic E-state index is 0.0266. The van der Waals surface area contributed by atoms with Crippen LogP contribution in [0.15, 0.2) is 4.52 Å². The molecule has 0 aliphatic rings. The van der Waals surface area contributed by atoms with Crippen LogP contribution in [-0.2, 0) is 4.74 Å². The van der Waals surface area contributed by atoms with Gasteiger partial charge in [-0.1, -0.05) is 5.16 Å². The second-order valence-electron chi connectivity index (χ2n) is 1.94. The molecule has 12 heavy (non-hydrogen) atoms. The zero-order chi connectivity index (χ0) is 9.14. The summed E-state index contributed by atoms with van der Waals surface area (Å²) < 4.78 is 9.79. The molecule has 1 heterocycles. The van der Waals surface area contributed by atoms with Crippen LogP contribution in [0, 0.1) is 3.70 Å². The number of rotatable bonds is 2. The Labute approximate surface area is 82.4 Å². The molecule has 5 nitrogen and oxygen atoms in total. The first-order valence-corrected chi connectivity index (χ1v) is 4.32. The molecule has 1 aromatic heterocycles. The standard InChI is InChI=1S/C6H7IN2O3/c1-2-11-6(10)4-3(8)5(7)9-12-4/h2,8H2,1H3. The van der Waals surface area contributed by atoms with E-state index in [9.17, 15) is 4.79 Å². The maximum Gasteiger partial charge on any atom is 0.379 e. The van der Waals surface area contributed by atoms with Crippen LogP contribution in [0.4, 0.5) is 5.69 Å². The quantitative estimate of drug-likeness (QED) is 0.647. The number of hydrogen-bond acceptors (Lipinski definition) is 5. The van der Waals surface area contributed by atoms with Crippen molar-refractivity contribution in [2.45, 2.75) is 6.92 Å². The van der Waals surface area contributed by atoms with Crippen molar-refractivity contribution in [1.82, 2.24) is 5.16 Å². The van der Waals surface area contributed by atoms with Crippen molar-refractivity contribution in [1.29, 1.82) is 0 Å². The van der Waals surface area contributed by atoms with E-state index < -0.39 is 5.97 Å². The first-order valence-electron chi connectivity index (χ1n) is 3.24. The van der Waals surface area contributed by atoms with Crippen LogP contribution in [0.1, 0.15) is 17.5 Å². The normalized spacial score (nSPS) is 9.83. The summed E-state index contributed by atoms with van der Waals surface area (Å²) in [6.45, 7) is 1.99. The number of nitrogens with zero attached hydrogens (tertiary/aromatic N) is 1. The minimum atomic E-state index is -0.578. The zero-order valence-electron chi connectivity index (χ0n) is 6.33. The molecule has 6 heteroatoms. The van der Waals surface area contributed by atoms with Gasteiger partial charge in [0, 0.05) is 0 Å². The Bertz CT molecular complexity index is 297. The number of anilines is 1. The van der Waals surface area contributed by atoms with Gasteiger partial charge in [0.25, 0.3) is 5.76 Å². The third-order valence-corrected chi connectivity index (χ3v) is 1.92. The lowest BCUT2D eigenvalue weighted by Gasteiger charge is -1.96. The molecule has 0 saturated heterocycles. The summed E-state index contributed by atoms with van der Waals surface area (Å²) in [4.78, 5) is 11.0. The van der Waals surface area contributed by atoms with Gasteiger partial charge >= 0.3 is 5.97 Å². The maximum atomic E-state index is 11.0. The summed E-state index contributed by atoms with van der Waals surface area (Å²) in [5.41, 5.74) is 5.70. The monoisotopic (exact) mass is 282 g/mol. The number of esters is 1. The van der Waals surface area contributed by atoms with Gasteiger partial charge in [0.15, 0.2) is 3.70 Å². The number of nitrogens with two attached hydrogens (primary N) is 1. The van der Waals surface area contributed by atoms with Crippen LogP contribution in [-0.4, -0.2) is 17.7 Å². The van der Waals surface area contributed by atoms with Crippen LogP contribution in [0.3, 0.4) is 0 Å². The van der Waals surface area contributed by atoms with Gasteiger partial charge < -0.3 is 15.0 Å². The second kappa shape index (κ2) is 3.74. The lowest BCUT2D eigenvalue weighted by Crippen LogP contribution is -2.05. The lowest BCUT2D eigenvalue weighted by atomic mass is 10.4. The Morgan fingerprint density at radius 2 is 2.50 bits per heavy atom. The van der Waals surface area contributed by atoms with E-state index in [0.29, 0.717) is 3.70 Å². The Hall–Kier alpha value is -0.790. The molecule has 1 aromatic rings. The number of aromatic nitrogens is 1. The Balaban J connectivity index is 2.88. The van der Waals surface area contributed by atoms with Gasteiger partial charge in [0.1, 0.15) is 5.69 Å². The third-order valence-electron chi connectivity index (χ3n) is 1.14. The van der Waals surface area contributed by atoms with Crippen molar-refractivity contribution >= 4 is 34.2 Å². The summed E-state index contributed by atoms with van der Waals surface area (Å²) in [5.74, 6) is -0.605. The summed E-state index contributed by atoms with van der Waals surface area (Å²) in [6.07, 6.45) is 0. The van der Waals surface area contributed by atoms with Crippen LogP contribution in [0.25, 0.3) is 0 Å². The number of hydrogen-bond donors (Lipinski definition) is 1. The van der Waals surface area contributed by atoms with Gasteiger partial charge in [-0.2, -0.15) is 0 Å². The minimum Gasteiger partial charge on any atom is -0.460 e. The first-order chi connectivity index (χ1) is 5.66. The van der Waals surface area contributed by atoms with Crippen LogP contribution in [0.2, 0.25) is 0 Å². The highest BCUT2D eigenvalue weighted by Gasteiger charge is 2.19. The fraction of sp³-hybridized carbons (Fsp3) is 0.333. The molecule has 0 amide bonds. The van der Waals surface area contributed by atoms with E-state index >= 15 is 0 Å². The molecule has 66 valence electrons. The number of halogens is 1. The third kappa shape index (κ3) is 1.68. The number of carbonyl (C=O) groups excluding carboxylic acids is 1. The molecule has 0 aliphatic heterocycles. The highest BCUT2D eigenvalue weighted by molar-refractivity contribution is 14.1. The molecular formula is C6H7IN2O3. The van der Waals surface area contributed by atoms with E-state index in [4.69, 9.17) is 5.73 Å². The summed E-state index contributed by atoms with van der Waals surface area (Å²) in [5, 5.41) is 3.51. The highest BCUT2D eigenvalue weighted by Crippen LogP contribution is 2.18. The van der Waals surface area contributed by atoms with E-state index in [1.165, 1.54) is 0 Å². The number of nitrogen functional groups attached to an aromatic ring is 1. The Morgan fingerprint density at radius 1 is 1.83 bits per heavy atom. The SMILES string of the molecule is CCOC(=O)c1onc(I)c1N. The highest BCUT2D eigenvalue weighted by atomic mass is 127. The topological polar surface area (TPSA) is 78.3 Å². The predicted molar refractivity (Wildman–Crippen MR) is 49.6 cm³/mol. The molecule has 0 radical (unpaired) electrons. The zero-order valence-corrected chi connectivity index (χ0v) is 8.49. The molecule has 0 bridgehead atoms. The molecule has 0 unspecified atom stereocenters. The Morgan fingerprint density at radius 3 is 2.92 bits per heavy atom. The van der Waals surface area contributed by atoms with Crippen LogP contribution >= 0.6 is 22.6 Å². The van der Waals surface area contributed by atoms with Crippen molar-refractivity contribution in [3.63, 3.8) is 0 Å². The molecule has 0 aliphatic carbocycles. The van der Waals surface area contributed by atoms with Crippen molar-refractivity contribution in [2.75, 3.05) is 12.3 Å². The molecule has 0 fully saturated rings. The average Bonchev–Trinajstić information content (AvgIpc) is 2.34. The fourth-order valence-electron chi connectivity index (χ4n) is 0.622. The molecule has 0 saturated carbocycles. The largest absolute Gasteiger partial charge is 0.460 e. The predicted octanol–water partition coefficient (Wildman–Crippen LogP) is 1.04. The van der Waals surface area contributed by atoms with Crippen molar-refractivity contribution in [3.8, 4) is 0 Å². The van der Waals surface area contributed by atoms with Gasteiger partial charge in [0.05, 0.1) is 6.61 Å². The van der Waals surface area contributed by atoms with Crippen LogP contribution in [0.5, 0.6) is 0 Å². The van der Waals surface area contributed by atoms with Crippen molar-refractivity contribution in [3.05, 3.63) is 9.46 Å². The average molecular weight is 282 g/mol. The fourth-order valence-corrected chi connectivity index (χ4v) is 0.965. The molecule has 1 rings (SSSR count). The van der Waals surface area contributed by atoms with E-state index in [0.717, 1.165) is 0 Å². The smallest absolute Gasteiger partial charge is 0.379 e. The van der Waals surface area contributed by atoms with E-state index in [1.54, 1.807) is 6.92 Å². The summed E-state index contributed by atoms with van der Waals surface area (Å²) in [7, 11) is 0. The van der Waals surface area contributed by atoms with Gasteiger partial charge in [-0.05, 0) is 29.5 Å². The summed E-state index contributed by atoms with van der Waals surface area (Å²) in [6, 6.07) is 0. The van der Waals surface area contributed by atoms with Crippen molar-refractivity contribution < 1.29 is 14.1 Å². The van der Waals surface area contributed by atoms with Crippen molar-refractivity contribution in [2.24, 2.45) is 0 Å². The van der Waals surface area contributed by atoms with E-state index in [2.05, 4.69) is 14.4 Å². The van der Waals surface area contributed by atoms with E-state index in [1.807, 2.05) is 22.6 Å². The Kier molecular flexibility index (Phi) is 2.90. The van der Waals surface area contributed by atoms with Gasteiger partial charge in [-0.25, -0.2) is 4.79 Å². The first kappa shape index (κ1) is 9.30. The second-order valence-corrected chi connectivity index (χ2v) is 2.96. The molecular weight excluding hydrogens is 275 g/mol.